The number of furan rings is 1. The first-order valence-electron chi connectivity index (χ1n) is 18.7. The van der Waals surface area contributed by atoms with Crippen LogP contribution in [0.2, 0.25) is 0 Å². The number of rotatable bonds is 6. The number of fused-ring (bicyclic) bond motifs is 6. The molecule has 0 bridgehead atoms. The summed E-state index contributed by atoms with van der Waals surface area (Å²) in [6.45, 7) is 0. The van der Waals surface area contributed by atoms with Crippen LogP contribution >= 0.6 is 11.3 Å². The van der Waals surface area contributed by atoms with Gasteiger partial charge in [-0.1, -0.05) is 152 Å². The topological polar surface area (TPSA) is 51.8 Å². The Morgan fingerprint density at radius 1 is 0.321 bits per heavy atom. The summed E-state index contributed by atoms with van der Waals surface area (Å²) in [5.41, 5.74) is 11.4. The van der Waals surface area contributed by atoms with Crippen LogP contribution in [0, 0.1) is 0 Å². The molecule has 3 heterocycles. The molecule has 262 valence electrons. The van der Waals surface area contributed by atoms with Crippen molar-refractivity contribution in [3.63, 3.8) is 0 Å². The van der Waals surface area contributed by atoms with E-state index in [0.29, 0.717) is 17.5 Å². The maximum absolute atomic E-state index is 6.61. The lowest BCUT2D eigenvalue weighted by molar-refractivity contribution is 0.669. The second-order valence-electron chi connectivity index (χ2n) is 14.0. The minimum absolute atomic E-state index is 0.599. The zero-order chi connectivity index (χ0) is 37.0. The number of hydrogen-bond donors (Lipinski definition) is 0. The molecule has 5 heteroatoms. The van der Waals surface area contributed by atoms with Crippen LogP contribution < -0.4 is 0 Å². The van der Waals surface area contributed by atoms with Crippen molar-refractivity contribution in [2.75, 3.05) is 0 Å². The zero-order valence-corrected chi connectivity index (χ0v) is 30.9. The van der Waals surface area contributed by atoms with Crippen molar-refractivity contribution >= 4 is 53.4 Å². The quantitative estimate of drug-likeness (QED) is 0.171. The van der Waals surface area contributed by atoms with E-state index in [2.05, 4.69) is 140 Å². The van der Waals surface area contributed by atoms with E-state index in [1.54, 1.807) is 0 Å². The Morgan fingerprint density at radius 3 is 1.62 bits per heavy atom. The van der Waals surface area contributed by atoms with Crippen molar-refractivity contribution in [2.45, 2.75) is 0 Å². The normalized spacial score (nSPS) is 11.6. The molecule has 0 atom stereocenters. The number of hydrogen-bond acceptors (Lipinski definition) is 5. The molecular formula is C51H31N3OS. The van der Waals surface area contributed by atoms with Crippen LogP contribution in [0.5, 0.6) is 0 Å². The van der Waals surface area contributed by atoms with Crippen LogP contribution in [-0.4, -0.2) is 15.0 Å². The van der Waals surface area contributed by atoms with E-state index >= 15 is 0 Å². The van der Waals surface area contributed by atoms with Gasteiger partial charge in [-0.2, -0.15) is 0 Å². The SMILES string of the molecule is c1ccc(-c2ccc(-c3nc(-c4ccccc4)nc(-c4cccc5oc6cc(-c7ccc8sc9cccc(-c%10ccccc%10)c9c8c7)ccc6c45)n3)cc2)cc1. The molecule has 0 aliphatic rings. The van der Waals surface area contributed by atoms with Gasteiger partial charge < -0.3 is 4.42 Å². The zero-order valence-electron chi connectivity index (χ0n) is 30.1. The highest BCUT2D eigenvalue weighted by atomic mass is 32.1. The van der Waals surface area contributed by atoms with Crippen molar-refractivity contribution in [1.82, 2.24) is 15.0 Å². The van der Waals surface area contributed by atoms with Crippen LogP contribution in [0.4, 0.5) is 0 Å². The van der Waals surface area contributed by atoms with E-state index < -0.39 is 0 Å². The van der Waals surface area contributed by atoms with Gasteiger partial charge in [0.15, 0.2) is 17.5 Å². The van der Waals surface area contributed by atoms with Gasteiger partial charge in [0.05, 0.1) is 0 Å². The third-order valence-electron chi connectivity index (χ3n) is 10.6. The Balaban J connectivity index is 1.03. The Labute approximate surface area is 327 Å². The molecule has 0 amide bonds. The highest BCUT2D eigenvalue weighted by molar-refractivity contribution is 7.26. The predicted octanol–water partition coefficient (Wildman–Crippen LogP) is 14.1. The molecule has 0 spiro atoms. The molecule has 0 N–H and O–H groups in total. The fourth-order valence-electron chi connectivity index (χ4n) is 7.84. The molecule has 3 aromatic heterocycles. The molecule has 0 saturated heterocycles. The number of benzene rings is 8. The van der Waals surface area contributed by atoms with E-state index in [1.807, 2.05) is 59.9 Å². The van der Waals surface area contributed by atoms with E-state index in [9.17, 15) is 0 Å². The van der Waals surface area contributed by atoms with Crippen LogP contribution in [0.3, 0.4) is 0 Å². The molecule has 0 radical (unpaired) electrons. The fourth-order valence-corrected chi connectivity index (χ4v) is 8.95. The first-order chi connectivity index (χ1) is 27.7. The predicted molar refractivity (Wildman–Crippen MR) is 233 cm³/mol. The van der Waals surface area contributed by atoms with Gasteiger partial charge in [-0.15, -0.1) is 11.3 Å². The molecule has 56 heavy (non-hydrogen) atoms. The fraction of sp³-hybridized carbons (Fsp3) is 0. The molecule has 11 aromatic rings. The summed E-state index contributed by atoms with van der Waals surface area (Å²) in [4.78, 5) is 15.2. The van der Waals surface area contributed by atoms with E-state index in [0.717, 1.165) is 55.3 Å². The highest BCUT2D eigenvalue weighted by Crippen LogP contribution is 2.43. The van der Waals surface area contributed by atoms with Crippen molar-refractivity contribution < 1.29 is 4.42 Å². The van der Waals surface area contributed by atoms with Crippen molar-refractivity contribution in [1.29, 1.82) is 0 Å². The summed E-state index contributed by atoms with van der Waals surface area (Å²) in [5.74, 6) is 1.84. The van der Waals surface area contributed by atoms with E-state index in [4.69, 9.17) is 19.4 Å². The molecular weight excluding hydrogens is 703 g/mol. The van der Waals surface area contributed by atoms with Gasteiger partial charge in [-0.25, -0.2) is 15.0 Å². The maximum atomic E-state index is 6.61. The smallest absolute Gasteiger partial charge is 0.164 e. The van der Waals surface area contributed by atoms with Gasteiger partial charge in [0.2, 0.25) is 0 Å². The minimum Gasteiger partial charge on any atom is -0.456 e. The summed E-state index contributed by atoms with van der Waals surface area (Å²) in [7, 11) is 0. The minimum atomic E-state index is 0.599. The number of thiophene rings is 1. The molecule has 4 nitrogen and oxygen atoms in total. The summed E-state index contributed by atoms with van der Waals surface area (Å²) in [6, 6.07) is 65.6. The average molecular weight is 734 g/mol. The van der Waals surface area contributed by atoms with Crippen LogP contribution in [0.25, 0.3) is 110 Å². The first kappa shape index (κ1) is 32.2. The van der Waals surface area contributed by atoms with Crippen molar-refractivity contribution in [3.05, 3.63) is 188 Å². The van der Waals surface area contributed by atoms with Crippen LogP contribution in [0.1, 0.15) is 0 Å². The van der Waals surface area contributed by atoms with E-state index in [1.165, 1.54) is 36.9 Å². The lowest BCUT2D eigenvalue weighted by Crippen LogP contribution is -2.00. The Hall–Kier alpha value is -7.21. The van der Waals surface area contributed by atoms with Gasteiger partial charge in [-0.3, -0.25) is 0 Å². The van der Waals surface area contributed by atoms with Crippen molar-refractivity contribution in [2.24, 2.45) is 0 Å². The standard InChI is InChI=1S/C51H31N3OS/c1-4-12-32(13-5-1)33-22-24-36(25-23-33)50-52-49(35-16-8-3-9-17-35)53-51(54-50)41-19-10-20-43-47(41)40-28-26-38(31-44(40)55-43)37-27-29-45-42(30-37)48-39(18-11-21-46(48)56-45)34-14-6-2-7-15-34/h1-31H. The largest absolute Gasteiger partial charge is 0.456 e. The number of nitrogens with zero attached hydrogens (tertiary/aromatic N) is 3. The third-order valence-corrected chi connectivity index (χ3v) is 11.7. The Morgan fingerprint density at radius 2 is 0.875 bits per heavy atom. The molecule has 0 unspecified atom stereocenters. The summed E-state index contributed by atoms with van der Waals surface area (Å²) < 4.78 is 9.18. The van der Waals surface area contributed by atoms with Crippen LogP contribution in [0.15, 0.2) is 192 Å². The monoisotopic (exact) mass is 733 g/mol. The Bertz CT molecular complexity index is 3230. The Kier molecular flexibility index (Phi) is 7.64. The lowest BCUT2D eigenvalue weighted by atomic mass is 9.97. The molecule has 11 rings (SSSR count). The summed E-state index contributed by atoms with van der Waals surface area (Å²) in [5, 5.41) is 4.57. The molecule has 0 aliphatic heterocycles. The summed E-state index contributed by atoms with van der Waals surface area (Å²) >= 11 is 1.84. The first-order valence-corrected chi connectivity index (χ1v) is 19.5. The number of aromatic nitrogens is 3. The lowest BCUT2D eigenvalue weighted by Gasteiger charge is -2.10. The maximum Gasteiger partial charge on any atom is 0.164 e. The van der Waals surface area contributed by atoms with E-state index in [-0.39, 0.29) is 0 Å². The molecule has 0 aliphatic carbocycles. The second-order valence-corrected chi connectivity index (χ2v) is 15.0. The van der Waals surface area contributed by atoms with Gasteiger partial charge >= 0.3 is 0 Å². The highest BCUT2D eigenvalue weighted by Gasteiger charge is 2.19. The average Bonchev–Trinajstić information content (AvgIpc) is 3.85. The van der Waals surface area contributed by atoms with Crippen molar-refractivity contribution in [3.8, 4) is 67.5 Å². The van der Waals surface area contributed by atoms with Gasteiger partial charge in [0, 0.05) is 47.6 Å². The summed E-state index contributed by atoms with van der Waals surface area (Å²) in [6.07, 6.45) is 0. The molecule has 0 fully saturated rings. The van der Waals surface area contributed by atoms with Gasteiger partial charge in [0.1, 0.15) is 11.2 Å². The van der Waals surface area contributed by atoms with Gasteiger partial charge in [0.25, 0.3) is 0 Å². The molecule has 8 aromatic carbocycles. The third kappa shape index (κ3) is 5.56. The van der Waals surface area contributed by atoms with Crippen LogP contribution in [-0.2, 0) is 0 Å². The van der Waals surface area contributed by atoms with Gasteiger partial charge in [-0.05, 0) is 69.8 Å². The molecule has 0 saturated carbocycles. The second kappa shape index (κ2) is 13.3.